The predicted octanol–water partition coefficient (Wildman–Crippen LogP) is 3.66. The number of benzene rings is 2. The smallest absolute Gasteiger partial charge is 0.231 e. The third-order valence-electron chi connectivity index (χ3n) is 6.72. The highest BCUT2D eigenvalue weighted by atomic mass is 16.7. The third kappa shape index (κ3) is 3.35. The van der Waals surface area contributed by atoms with Crippen LogP contribution in [0.4, 0.5) is 0 Å². The Morgan fingerprint density at radius 3 is 2.18 bits per heavy atom. The van der Waals surface area contributed by atoms with Crippen LogP contribution in [0.5, 0.6) is 34.5 Å². The molecule has 0 saturated heterocycles. The van der Waals surface area contributed by atoms with Gasteiger partial charge >= 0.3 is 0 Å². The molecule has 2 heterocycles. The molecule has 2 aliphatic heterocycles. The third-order valence-corrected chi connectivity index (χ3v) is 6.72. The Labute approximate surface area is 192 Å². The molecule has 1 saturated carbocycles. The van der Waals surface area contributed by atoms with E-state index in [1.807, 2.05) is 32.0 Å². The normalized spacial score (nSPS) is 26.7. The fraction of sp³-hybridized carbons (Fsp3) is 0.480. The van der Waals surface area contributed by atoms with Gasteiger partial charge in [0.2, 0.25) is 18.3 Å². The molecule has 0 aromatic heterocycles. The van der Waals surface area contributed by atoms with Crippen molar-refractivity contribution in [1.82, 2.24) is 0 Å². The van der Waals surface area contributed by atoms with E-state index >= 15 is 0 Å². The van der Waals surface area contributed by atoms with E-state index in [1.165, 1.54) is 7.11 Å². The summed E-state index contributed by atoms with van der Waals surface area (Å²) >= 11 is 0. The minimum absolute atomic E-state index is 0.0594. The number of carbonyl (C=O) groups is 1. The first-order valence-electron chi connectivity index (χ1n) is 10.9. The second kappa shape index (κ2) is 7.45. The Kier molecular flexibility index (Phi) is 4.90. The highest BCUT2D eigenvalue weighted by Crippen LogP contribution is 2.58. The van der Waals surface area contributed by atoms with Gasteiger partial charge in [-0.05, 0) is 29.2 Å². The average Bonchev–Trinajstić information content (AvgIpc) is 3.21. The van der Waals surface area contributed by atoms with Crippen LogP contribution in [0.2, 0.25) is 0 Å². The average molecular weight is 456 g/mol. The van der Waals surface area contributed by atoms with Gasteiger partial charge in [-0.1, -0.05) is 13.8 Å². The number of ketones is 1. The van der Waals surface area contributed by atoms with E-state index in [9.17, 15) is 9.90 Å². The Morgan fingerprint density at radius 2 is 1.58 bits per heavy atom. The lowest BCUT2D eigenvalue weighted by Crippen LogP contribution is -2.58. The number of fused-ring (bicyclic) bond motifs is 3. The zero-order valence-electron chi connectivity index (χ0n) is 19.4. The quantitative estimate of drug-likeness (QED) is 0.745. The monoisotopic (exact) mass is 456 g/mol. The molecule has 33 heavy (non-hydrogen) atoms. The molecule has 1 fully saturated rings. The van der Waals surface area contributed by atoms with Gasteiger partial charge in [-0.2, -0.15) is 0 Å². The highest BCUT2D eigenvalue weighted by molar-refractivity contribution is 5.86. The number of Topliss-reactive ketones (excluding diaryl/α,β-unsaturated/α-hetero) is 1. The SMILES string of the molecule is COc1cc([C@@H]2c3cc4c(cc3O[C@@]3(O)CC(C)(C)CC(=O)[C@@H]23)OCO4)cc(OC)c1OC. The van der Waals surface area contributed by atoms with Crippen LogP contribution in [0.1, 0.15) is 43.7 Å². The molecule has 0 bridgehead atoms. The summed E-state index contributed by atoms with van der Waals surface area (Å²) in [4.78, 5) is 13.5. The minimum atomic E-state index is -1.68. The maximum atomic E-state index is 13.5. The molecule has 1 N–H and O–H groups in total. The topological polar surface area (TPSA) is 92.7 Å². The molecular formula is C25H28O8. The molecule has 8 heteroatoms. The minimum Gasteiger partial charge on any atom is -0.493 e. The number of aliphatic hydroxyl groups is 1. The largest absolute Gasteiger partial charge is 0.493 e. The van der Waals surface area contributed by atoms with E-state index in [1.54, 1.807) is 20.3 Å². The van der Waals surface area contributed by atoms with Gasteiger partial charge in [0.25, 0.3) is 0 Å². The fourth-order valence-electron chi connectivity index (χ4n) is 5.53. The number of hydrogen-bond acceptors (Lipinski definition) is 8. The van der Waals surface area contributed by atoms with Crippen LogP contribution in [-0.4, -0.2) is 44.8 Å². The summed E-state index contributed by atoms with van der Waals surface area (Å²) in [5.41, 5.74) is 1.07. The molecule has 3 atom stereocenters. The molecule has 5 rings (SSSR count). The number of ether oxygens (including phenoxy) is 6. The zero-order chi connectivity index (χ0) is 23.5. The van der Waals surface area contributed by atoms with Crippen molar-refractivity contribution >= 4 is 5.78 Å². The highest BCUT2D eigenvalue weighted by Gasteiger charge is 2.59. The van der Waals surface area contributed by atoms with E-state index in [0.29, 0.717) is 47.3 Å². The number of rotatable bonds is 4. The van der Waals surface area contributed by atoms with Crippen molar-refractivity contribution in [1.29, 1.82) is 0 Å². The van der Waals surface area contributed by atoms with Crippen LogP contribution in [0.25, 0.3) is 0 Å². The second-order valence-corrected chi connectivity index (χ2v) is 9.59. The maximum absolute atomic E-state index is 13.5. The molecule has 0 unspecified atom stereocenters. The Morgan fingerprint density at radius 1 is 0.939 bits per heavy atom. The van der Waals surface area contributed by atoms with Crippen LogP contribution in [-0.2, 0) is 4.79 Å². The van der Waals surface area contributed by atoms with Crippen LogP contribution in [0.3, 0.4) is 0 Å². The second-order valence-electron chi connectivity index (χ2n) is 9.59. The van der Waals surface area contributed by atoms with Crippen LogP contribution < -0.4 is 28.4 Å². The van der Waals surface area contributed by atoms with E-state index in [0.717, 1.165) is 11.1 Å². The van der Waals surface area contributed by atoms with Gasteiger partial charge < -0.3 is 33.5 Å². The first-order valence-corrected chi connectivity index (χ1v) is 10.9. The molecule has 0 spiro atoms. The summed E-state index contributed by atoms with van der Waals surface area (Å²) < 4.78 is 33.9. The molecule has 2 aromatic rings. The molecule has 1 aliphatic carbocycles. The number of methoxy groups -OCH3 is 3. The molecule has 8 nitrogen and oxygen atoms in total. The molecule has 176 valence electrons. The van der Waals surface area contributed by atoms with E-state index in [4.69, 9.17) is 28.4 Å². The van der Waals surface area contributed by atoms with Crippen LogP contribution in [0.15, 0.2) is 24.3 Å². The van der Waals surface area contributed by atoms with E-state index in [-0.39, 0.29) is 12.6 Å². The fourth-order valence-corrected chi connectivity index (χ4v) is 5.53. The van der Waals surface area contributed by atoms with Crippen molar-refractivity contribution < 1.29 is 38.3 Å². The summed E-state index contributed by atoms with van der Waals surface area (Å²) in [7, 11) is 4.62. The molecule has 0 radical (unpaired) electrons. The van der Waals surface area contributed by atoms with Gasteiger partial charge in [-0.3, -0.25) is 4.79 Å². The van der Waals surface area contributed by atoms with E-state index in [2.05, 4.69) is 0 Å². The molecule has 2 aromatic carbocycles. The van der Waals surface area contributed by atoms with Crippen molar-refractivity contribution in [2.24, 2.45) is 11.3 Å². The van der Waals surface area contributed by atoms with Gasteiger partial charge in [0.15, 0.2) is 23.0 Å². The zero-order valence-corrected chi connectivity index (χ0v) is 19.4. The number of hydrogen-bond donors (Lipinski definition) is 1. The van der Waals surface area contributed by atoms with Gasteiger partial charge in [0.05, 0.1) is 27.2 Å². The van der Waals surface area contributed by atoms with E-state index < -0.39 is 23.0 Å². The van der Waals surface area contributed by atoms with Gasteiger partial charge in [-0.25, -0.2) is 0 Å². The van der Waals surface area contributed by atoms with Crippen molar-refractivity contribution in [3.05, 3.63) is 35.4 Å². The summed E-state index contributed by atoms with van der Waals surface area (Å²) in [6, 6.07) is 7.19. The maximum Gasteiger partial charge on any atom is 0.231 e. The summed E-state index contributed by atoms with van der Waals surface area (Å²) in [6.45, 7) is 4.03. The number of carbonyl (C=O) groups excluding carboxylic acids is 1. The molecular weight excluding hydrogens is 428 g/mol. The molecule has 0 amide bonds. The van der Waals surface area contributed by atoms with Crippen LogP contribution >= 0.6 is 0 Å². The van der Waals surface area contributed by atoms with Crippen molar-refractivity contribution in [2.45, 2.75) is 38.4 Å². The lowest BCUT2D eigenvalue weighted by atomic mass is 9.61. The predicted molar refractivity (Wildman–Crippen MR) is 118 cm³/mol. The van der Waals surface area contributed by atoms with Crippen molar-refractivity contribution in [3.8, 4) is 34.5 Å². The lowest BCUT2D eigenvalue weighted by Gasteiger charge is -2.51. The molecule has 3 aliphatic rings. The Balaban J connectivity index is 1.75. The van der Waals surface area contributed by atoms with Crippen molar-refractivity contribution in [2.75, 3.05) is 28.1 Å². The first-order chi connectivity index (χ1) is 15.7. The van der Waals surface area contributed by atoms with Gasteiger partial charge in [-0.15, -0.1) is 0 Å². The Hall–Kier alpha value is -3.13. The van der Waals surface area contributed by atoms with Crippen molar-refractivity contribution in [3.63, 3.8) is 0 Å². The summed E-state index contributed by atoms with van der Waals surface area (Å²) in [5, 5.41) is 11.8. The summed E-state index contributed by atoms with van der Waals surface area (Å²) in [6.07, 6.45) is 0.648. The Bertz CT molecular complexity index is 1100. The first kappa shape index (κ1) is 21.7. The lowest BCUT2D eigenvalue weighted by molar-refractivity contribution is -0.222. The summed E-state index contributed by atoms with van der Waals surface area (Å²) in [5.74, 6) is -0.118. The van der Waals surface area contributed by atoms with Gasteiger partial charge in [0.1, 0.15) is 11.5 Å². The standard InChI is InChI=1S/C25H28O8/c1-24(2)10-15(26)22-21(13-6-19(28-3)23(30-5)20(7-13)29-4)14-8-17-18(32-12-31-17)9-16(14)33-25(22,27)11-24/h6-9,21-22,27H,10-12H2,1-5H3/t21-,22+,25+/m1/s1. The van der Waals surface area contributed by atoms with Crippen LogP contribution in [0, 0.1) is 11.3 Å². The van der Waals surface area contributed by atoms with Gasteiger partial charge in [0, 0.05) is 30.4 Å².